The number of carbonyl (C=O) groups excluding carboxylic acids is 1. The highest BCUT2D eigenvalue weighted by molar-refractivity contribution is 7.09. The van der Waals surface area contributed by atoms with Gasteiger partial charge < -0.3 is 10.6 Å². The molecule has 0 spiro atoms. The van der Waals surface area contributed by atoms with Gasteiger partial charge in [0.2, 0.25) is 5.91 Å². The monoisotopic (exact) mass is 371 g/mol. The third-order valence-electron chi connectivity index (χ3n) is 3.71. The molecule has 4 nitrogen and oxygen atoms in total. The highest BCUT2D eigenvalue weighted by Gasteiger charge is 2.14. The Balaban J connectivity index is 1.63. The zero-order chi connectivity index (χ0) is 17.8. The number of carbonyl (C=O) groups is 1. The molecule has 1 amide bonds. The fourth-order valence-corrected chi connectivity index (χ4v) is 3.16. The lowest BCUT2D eigenvalue weighted by molar-refractivity contribution is -0.116. The maximum absolute atomic E-state index is 12.3. The van der Waals surface area contributed by atoms with Crippen LogP contribution in [0.1, 0.15) is 11.9 Å². The Labute approximate surface area is 155 Å². The maximum Gasteiger partial charge on any atom is 0.246 e. The van der Waals surface area contributed by atoms with Crippen molar-refractivity contribution in [3.63, 3.8) is 0 Å². The first-order valence-electron chi connectivity index (χ1n) is 7.87. The molecule has 0 bridgehead atoms. The number of rotatable bonds is 5. The zero-order valence-corrected chi connectivity index (χ0v) is 15.5. The zero-order valence-electron chi connectivity index (χ0n) is 13.9. The van der Waals surface area contributed by atoms with E-state index in [0.29, 0.717) is 10.7 Å². The number of amides is 1. The van der Waals surface area contributed by atoms with Crippen LogP contribution in [0.3, 0.4) is 0 Å². The molecule has 2 N–H and O–H groups in total. The number of aryl methyl sites for hydroxylation is 1. The topological polar surface area (TPSA) is 54.0 Å². The summed E-state index contributed by atoms with van der Waals surface area (Å²) in [5.74, 6) is -0.146. The molecular formula is C19H18ClN3OS. The van der Waals surface area contributed by atoms with Crippen molar-refractivity contribution < 1.29 is 4.79 Å². The number of halogens is 1. The Morgan fingerprint density at radius 3 is 2.52 bits per heavy atom. The lowest BCUT2D eigenvalue weighted by Gasteiger charge is -2.16. The lowest BCUT2D eigenvalue weighted by atomic mass is 10.1. The Hall–Kier alpha value is -2.37. The van der Waals surface area contributed by atoms with E-state index in [-0.39, 0.29) is 5.91 Å². The van der Waals surface area contributed by atoms with Crippen LogP contribution in [0.2, 0.25) is 5.02 Å². The third kappa shape index (κ3) is 4.38. The van der Waals surface area contributed by atoms with Gasteiger partial charge in [-0.25, -0.2) is 4.98 Å². The molecule has 25 heavy (non-hydrogen) atoms. The van der Waals surface area contributed by atoms with Gasteiger partial charge in [0.25, 0.3) is 0 Å². The molecule has 1 heterocycles. The Morgan fingerprint density at radius 2 is 1.88 bits per heavy atom. The largest absolute Gasteiger partial charge is 0.374 e. The van der Waals surface area contributed by atoms with Crippen LogP contribution in [0, 0.1) is 6.92 Å². The SMILES string of the molecule is Cc1nc(-c2ccc(N[C@H](C)C(=O)Nc3ccccc3Cl)cc2)cs1. The number of benzene rings is 2. The summed E-state index contributed by atoms with van der Waals surface area (Å²) in [6.45, 7) is 3.80. The lowest BCUT2D eigenvalue weighted by Crippen LogP contribution is -2.31. The average Bonchev–Trinajstić information content (AvgIpc) is 3.04. The van der Waals surface area contributed by atoms with Gasteiger partial charge in [0.15, 0.2) is 0 Å². The normalized spacial score (nSPS) is 11.8. The number of para-hydroxylation sites is 1. The average molecular weight is 372 g/mol. The predicted octanol–water partition coefficient (Wildman–Crippen LogP) is 5.21. The summed E-state index contributed by atoms with van der Waals surface area (Å²) in [5, 5.41) is 9.62. The molecule has 1 atom stereocenters. The summed E-state index contributed by atoms with van der Waals surface area (Å²) in [5.41, 5.74) is 3.51. The van der Waals surface area contributed by atoms with Gasteiger partial charge in [-0.1, -0.05) is 35.9 Å². The van der Waals surface area contributed by atoms with E-state index in [4.69, 9.17) is 11.6 Å². The van der Waals surface area contributed by atoms with Crippen LogP contribution in [-0.4, -0.2) is 16.9 Å². The molecule has 2 aromatic carbocycles. The highest BCUT2D eigenvalue weighted by atomic mass is 35.5. The smallest absolute Gasteiger partial charge is 0.246 e. The number of aromatic nitrogens is 1. The second kappa shape index (κ2) is 7.68. The first-order chi connectivity index (χ1) is 12.0. The molecule has 0 radical (unpaired) electrons. The van der Waals surface area contributed by atoms with Crippen molar-refractivity contribution in [3.05, 3.63) is 63.9 Å². The van der Waals surface area contributed by atoms with Crippen LogP contribution in [0.25, 0.3) is 11.3 Å². The van der Waals surface area contributed by atoms with E-state index in [1.807, 2.05) is 55.6 Å². The van der Waals surface area contributed by atoms with Gasteiger partial charge in [0, 0.05) is 16.6 Å². The molecule has 6 heteroatoms. The number of hydrogen-bond donors (Lipinski definition) is 2. The van der Waals surface area contributed by atoms with Crippen molar-refractivity contribution >= 4 is 40.2 Å². The van der Waals surface area contributed by atoms with Gasteiger partial charge in [-0.3, -0.25) is 4.79 Å². The minimum absolute atomic E-state index is 0.146. The quantitative estimate of drug-likeness (QED) is 0.647. The summed E-state index contributed by atoms with van der Waals surface area (Å²) in [4.78, 5) is 16.8. The predicted molar refractivity (Wildman–Crippen MR) is 105 cm³/mol. The van der Waals surface area contributed by atoms with E-state index in [2.05, 4.69) is 15.6 Å². The van der Waals surface area contributed by atoms with Gasteiger partial charge in [-0.15, -0.1) is 11.3 Å². The summed E-state index contributed by atoms with van der Waals surface area (Å²) >= 11 is 7.70. The summed E-state index contributed by atoms with van der Waals surface area (Å²) in [6.07, 6.45) is 0. The fourth-order valence-electron chi connectivity index (χ4n) is 2.35. The number of thiazole rings is 1. The van der Waals surface area contributed by atoms with Crippen LogP contribution in [-0.2, 0) is 4.79 Å². The van der Waals surface area contributed by atoms with Crippen molar-refractivity contribution in [2.24, 2.45) is 0 Å². The molecule has 0 aliphatic rings. The maximum atomic E-state index is 12.3. The summed E-state index contributed by atoms with van der Waals surface area (Å²) in [6, 6.07) is 14.7. The van der Waals surface area contributed by atoms with E-state index in [1.165, 1.54) is 0 Å². The second-order valence-corrected chi connectivity index (χ2v) is 7.13. The molecule has 0 saturated heterocycles. The first-order valence-corrected chi connectivity index (χ1v) is 9.13. The molecule has 0 fully saturated rings. The molecule has 0 aliphatic heterocycles. The van der Waals surface area contributed by atoms with Crippen molar-refractivity contribution in [1.29, 1.82) is 0 Å². The van der Waals surface area contributed by atoms with Crippen molar-refractivity contribution in [2.75, 3.05) is 10.6 Å². The van der Waals surface area contributed by atoms with E-state index in [1.54, 1.807) is 23.5 Å². The first kappa shape index (κ1) is 17.5. The molecule has 3 aromatic rings. The standard InChI is InChI=1S/C19H18ClN3OS/c1-12(19(24)23-17-6-4-3-5-16(17)20)21-15-9-7-14(8-10-15)18-11-25-13(2)22-18/h3-12,21H,1-2H3,(H,23,24)/t12-/m1/s1. The van der Waals surface area contributed by atoms with E-state index in [0.717, 1.165) is 22.0 Å². The van der Waals surface area contributed by atoms with Gasteiger partial charge in [0.05, 0.1) is 21.4 Å². The van der Waals surface area contributed by atoms with Crippen LogP contribution >= 0.6 is 22.9 Å². The summed E-state index contributed by atoms with van der Waals surface area (Å²) in [7, 11) is 0. The van der Waals surface area contributed by atoms with Crippen molar-refractivity contribution in [3.8, 4) is 11.3 Å². The van der Waals surface area contributed by atoms with Crippen LogP contribution in [0.4, 0.5) is 11.4 Å². The Bertz CT molecular complexity index is 876. The Morgan fingerprint density at radius 1 is 1.16 bits per heavy atom. The van der Waals surface area contributed by atoms with Gasteiger partial charge in [-0.05, 0) is 38.1 Å². The number of anilines is 2. The fraction of sp³-hybridized carbons (Fsp3) is 0.158. The van der Waals surface area contributed by atoms with E-state index < -0.39 is 6.04 Å². The number of nitrogens with zero attached hydrogens (tertiary/aromatic N) is 1. The number of nitrogens with one attached hydrogen (secondary N) is 2. The van der Waals surface area contributed by atoms with Gasteiger partial charge >= 0.3 is 0 Å². The minimum Gasteiger partial charge on any atom is -0.374 e. The van der Waals surface area contributed by atoms with Crippen LogP contribution < -0.4 is 10.6 Å². The molecule has 3 rings (SSSR count). The summed E-state index contributed by atoms with van der Waals surface area (Å²) < 4.78 is 0. The van der Waals surface area contributed by atoms with E-state index >= 15 is 0 Å². The highest BCUT2D eigenvalue weighted by Crippen LogP contribution is 2.24. The number of hydrogen-bond acceptors (Lipinski definition) is 4. The van der Waals surface area contributed by atoms with Gasteiger partial charge in [-0.2, -0.15) is 0 Å². The van der Waals surface area contributed by atoms with E-state index in [9.17, 15) is 4.79 Å². The molecule has 0 saturated carbocycles. The Kier molecular flexibility index (Phi) is 5.36. The molecular weight excluding hydrogens is 354 g/mol. The third-order valence-corrected chi connectivity index (χ3v) is 4.81. The molecule has 1 aromatic heterocycles. The van der Waals surface area contributed by atoms with Crippen LogP contribution in [0.15, 0.2) is 53.9 Å². The molecule has 128 valence electrons. The minimum atomic E-state index is -0.399. The van der Waals surface area contributed by atoms with Crippen LogP contribution in [0.5, 0.6) is 0 Å². The molecule has 0 aliphatic carbocycles. The van der Waals surface area contributed by atoms with Crippen molar-refractivity contribution in [2.45, 2.75) is 19.9 Å². The molecule has 0 unspecified atom stereocenters. The van der Waals surface area contributed by atoms with Gasteiger partial charge in [0.1, 0.15) is 6.04 Å². The van der Waals surface area contributed by atoms with Crippen molar-refractivity contribution in [1.82, 2.24) is 4.98 Å². The second-order valence-electron chi connectivity index (χ2n) is 5.66.